The van der Waals surface area contributed by atoms with Crippen LogP contribution in [0.4, 0.5) is 0 Å². The van der Waals surface area contributed by atoms with Crippen molar-refractivity contribution in [1.29, 1.82) is 0 Å². The number of methoxy groups -OCH3 is 1. The molecule has 6 unspecified atom stereocenters. The lowest BCUT2D eigenvalue weighted by molar-refractivity contribution is -0.156. The molecule has 1 aromatic rings. The van der Waals surface area contributed by atoms with Gasteiger partial charge in [-0.2, -0.15) is 0 Å². The van der Waals surface area contributed by atoms with Crippen molar-refractivity contribution in [2.45, 2.75) is 96.1 Å². The SMILES string of the molecule is CCC1C(=O)NC(C)C(=O)NC(Cc2cccc(O)c2)C(=O)N2CCCC(N2)C(=O)OC(C)C/C=C\C=C/CCC1OC. The summed E-state index contributed by atoms with van der Waals surface area (Å²) in [5, 5.41) is 16.9. The molecule has 2 heterocycles. The van der Waals surface area contributed by atoms with E-state index in [9.17, 15) is 24.3 Å². The molecule has 0 aliphatic carbocycles. The van der Waals surface area contributed by atoms with Crippen LogP contribution in [-0.4, -0.2) is 77.8 Å². The Bertz CT molecular complexity index is 1170. The average Bonchev–Trinajstić information content (AvgIpc) is 2.98. The highest BCUT2D eigenvalue weighted by Crippen LogP contribution is 2.19. The minimum Gasteiger partial charge on any atom is -0.508 e. The molecule has 4 N–H and O–H groups in total. The second-order valence-electron chi connectivity index (χ2n) is 11.2. The Morgan fingerprint density at radius 3 is 2.53 bits per heavy atom. The van der Waals surface area contributed by atoms with Crippen LogP contribution >= 0.6 is 0 Å². The van der Waals surface area contributed by atoms with Crippen LogP contribution in [0.5, 0.6) is 5.75 Å². The van der Waals surface area contributed by atoms with Crippen molar-refractivity contribution in [2.75, 3.05) is 13.7 Å². The van der Waals surface area contributed by atoms with E-state index in [1.54, 1.807) is 26.2 Å². The molecule has 1 aromatic carbocycles. The summed E-state index contributed by atoms with van der Waals surface area (Å²) in [4.78, 5) is 53.3. The van der Waals surface area contributed by atoms with Crippen LogP contribution in [0.2, 0.25) is 0 Å². The van der Waals surface area contributed by atoms with Crippen LogP contribution in [0.15, 0.2) is 48.6 Å². The average molecular weight is 599 g/mol. The van der Waals surface area contributed by atoms with Gasteiger partial charge in [-0.3, -0.25) is 24.2 Å². The first-order valence-electron chi connectivity index (χ1n) is 15.1. The van der Waals surface area contributed by atoms with E-state index in [1.807, 2.05) is 38.2 Å². The van der Waals surface area contributed by atoms with Gasteiger partial charge in [-0.15, -0.1) is 0 Å². The number of nitrogens with zero attached hydrogens (tertiary/aromatic N) is 1. The first-order chi connectivity index (χ1) is 20.6. The Balaban J connectivity index is 1.87. The predicted octanol–water partition coefficient (Wildman–Crippen LogP) is 2.69. The van der Waals surface area contributed by atoms with Gasteiger partial charge in [0.2, 0.25) is 11.8 Å². The molecule has 0 spiro atoms. The number of ether oxygens (including phenoxy) is 2. The van der Waals surface area contributed by atoms with Crippen LogP contribution < -0.4 is 16.1 Å². The maximum atomic E-state index is 13.8. The molecule has 2 bridgehead atoms. The van der Waals surface area contributed by atoms with E-state index in [1.165, 1.54) is 17.1 Å². The number of carbonyl (C=O) groups is 4. The summed E-state index contributed by atoms with van der Waals surface area (Å²) >= 11 is 0. The molecular weight excluding hydrogens is 552 g/mol. The van der Waals surface area contributed by atoms with Gasteiger partial charge in [0.25, 0.3) is 5.91 Å². The summed E-state index contributed by atoms with van der Waals surface area (Å²) in [7, 11) is 1.57. The van der Waals surface area contributed by atoms with Crippen LogP contribution in [0.1, 0.15) is 64.9 Å². The van der Waals surface area contributed by atoms with Crippen molar-refractivity contribution in [3.8, 4) is 5.75 Å². The molecule has 6 atom stereocenters. The fourth-order valence-corrected chi connectivity index (χ4v) is 5.32. The minimum absolute atomic E-state index is 0.0342. The molecule has 11 heteroatoms. The van der Waals surface area contributed by atoms with Crippen molar-refractivity contribution in [3.05, 3.63) is 54.1 Å². The van der Waals surface area contributed by atoms with E-state index in [0.29, 0.717) is 50.6 Å². The molecule has 1 fully saturated rings. The molecule has 1 saturated heterocycles. The first kappa shape index (κ1) is 33.8. The third kappa shape index (κ3) is 10.2. The topological polar surface area (TPSA) is 146 Å². The third-order valence-corrected chi connectivity index (χ3v) is 7.77. The zero-order valence-electron chi connectivity index (χ0n) is 25.6. The van der Waals surface area contributed by atoms with E-state index in [2.05, 4.69) is 16.1 Å². The van der Waals surface area contributed by atoms with Crippen molar-refractivity contribution in [2.24, 2.45) is 5.92 Å². The molecule has 0 saturated carbocycles. The number of benzene rings is 1. The largest absolute Gasteiger partial charge is 0.508 e. The van der Waals surface area contributed by atoms with Crippen LogP contribution in [0.25, 0.3) is 0 Å². The van der Waals surface area contributed by atoms with E-state index < -0.39 is 41.8 Å². The van der Waals surface area contributed by atoms with Crippen molar-refractivity contribution < 1.29 is 33.8 Å². The second kappa shape index (κ2) is 16.8. The summed E-state index contributed by atoms with van der Waals surface area (Å²) in [5.74, 6) is -2.15. The minimum atomic E-state index is -1.03. The molecule has 3 amide bonds. The third-order valence-electron chi connectivity index (χ3n) is 7.77. The highest BCUT2D eigenvalue weighted by Gasteiger charge is 2.35. The second-order valence-corrected chi connectivity index (χ2v) is 11.2. The summed E-state index contributed by atoms with van der Waals surface area (Å²) in [6.45, 7) is 5.62. The molecule has 2 aliphatic heterocycles. The summed E-state index contributed by atoms with van der Waals surface area (Å²) in [5.41, 5.74) is 3.63. The zero-order valence-corrected chi connectivity index (χ0v) is 25.6. The smallest absolute Gasteiger partial charge is 0.325 e. The number of cyclic esters (lactones) is 1. The van der Waals surface area contributed by atoms with Gasteiger partial charge in [-0.1, -0.05) is 43.4 Å². The molecule has 43 heavy (non-hydrogen) atoms. The molecule has 3 rings (SSSR count). The normalized spacial score (nSPS) is 30.2. The van der Waals surface area contributed by atoms with E-state index in [0.717, 1.165) is 0 Å². The lowest BCUT2D eigenvalue weighted by Gasteiger charge is -2.35. The monoisotopic (exact) mass is 598 g/mol. The van der Waals surface area contributed by atoms with Crippen LogP contribution in [-0.2, 0) is 35.1 Å². The number of nitrogens with one attached hydrogen (secondary N) is 3. The van der Waals surface area contributed by atoms with Crippen molar-refractivity contribution in [1.82, 2.24) is 21.1 Å². The number of phenols is 1. The Hall–Kier alpha value is -3.70. The standard InChI is InChI=1S/C32H46N4O7/c1-5-25-28(42-4)17-10-8-6-7-9-13-21(2)43-32(41)26-16-12-18-36(35-26)31(40)27(20-23-14-11-15-24(37)19-23)34-29(38)22(3)33-30(25)39/h6-9,11,14-15,19,21-22,25-28,35,37H,5,10,12-13,16-18,20H2,1-4H3,(H,33,39)(H,34,38)/b8-6-,9-7-. The summed E-state index contributed by atoms with van der Waals surface area (Å²) in [6.07, 6.45) is 10.6. The highest BCUT2D eigenvalue weighted by molar-refractivity contribution is 5.92. The lowest BCUT2D eigenvalue weighted by Crippen LogP contribution is -2.61. The zero-order chi connectivity index (χ0) is 31.4. The number of fused-ring (bicyclic) bond motifs is 2. The van der Waals surface area contributed by atoms with Gasteiger partial charge in [-0.25, -0.2) is 5.43 Å². The molecule has 0 aromatic heterocycles. The maximum absolute atomic E-state index is 13.8. The van der Waals surface area contributed by atoms with E-state index >= 15 is 0 Å². The number of amides is 3. The molecule has 11 nitrogen and oxygen atoms in total. The number of rotatable bonds is 4. The summed E-state index contributed by atoms with van der Waals surface area (Å²) in [6, 6.07) is 3.78. The molecule has 2 aliphatic rings. The number of hydrogen-bond donors (Lipinski definition) is 4. The van der Waals surface area contributed by atoms with Gasteiger partial charge in [0.05, 0.1) is 12.0 Å². The number of hydrogen-bond acceptors (Lipinski definition) is 8. The van der Waals surface area contributed by atoms with Gasteiger partial charge >= 0.3 is 5.97 Å². The predicted molar refractivity (Wildman–Crippen MR) is 161 cm³/mol. The van der Waals surface area contributed by atoms with Gasteiger partial charge in [0.15, 0.2) is 0 Å². The van der Waals surface area contributed by atoms with Crippen LogP contribution in [0, 0.1) is 5.92 Å². The number of hydrazine groups is 1. The fourth-order valence-electron chi connectivity index (χ4n) is 5.32. The quantitative estimate of drug-likeness (QED) is 0.387. The summed E-state index contributed by atoms with van der Waals surface area (Å²) < 4.78 is 11.3. The van der Waals surface area contributed by atoms with Gasteiger partial charge < -0.3 is 25.2 Å². The van der Waals surface area contributed by atoms with E-state index in [-0.39, 0.29) is 30.3 Å². The van der Waals surface area contributed by atoms with Crippen LogP contribution in [0.3, 0.4) is 0 Å². The Labute approximate surface area is 254 Å². The number of aromatic hydroxyl groups is 1. The number of esters is 1. The highest BCUT2D eigenvalue weighted by atomic mass is 16.5. The Kier molecular flexibility index (Phi) is 13.2. The Morgan fingerprint density at radius 2 is 1.81 bits per heavy atom. The molecular formula is C32H46N4O7. The van der Waals surface area contributed by atoms with E-state index in [4.69, 9.17) is 9.47 Å². The first-order valence-corrected chi connectivity index (χ1v) is 15.1. The van der Waals surface area contributed by atoms with Gasteiger partial charge in [0.1, 0.15) is 30.0 Å². The number of allylic oxidation sites excluding steroid dienone is 3. The van der Waals surface area contributed by atoms with Crippen molar-refractivity contribution >= 4 is 23.7 Å². The van der Waals surface area contributed by atoms with Crippen molar-refractivity contribution in [3.63, 3.8) is 0 Å². The number of phenolic OH excluding ortho intramolecular Hbond substituents is 1. The lowest BCUT2D eigenvalue weighted by atomic mass is 9.94. The van der Waals surface area contributed by atoms with Gasteiger partial charge in [0, 0.05) is 26.5 Å². The fraction of sp³-hybridized carbons (Fsp3) is 0.562. The number of carbonyl (C=O) groups excluding carboxylic acids is 4. The maximum Gasteiger partial charge on any atom is 0.325 e. The van der Waals surface area contributed by atoms with Gasteiger partial charge in [-0.05, 0) is 63.6 Å². The molecule has 236 valence electrons. The molecule has 0 radical (unpaired) electrons. The Morgan fingerprint density at radius 1 is 1.05 bits per heavy atom.